The third kappa shape index (κ3) is 3.51. The first-order valence-electron chi connectivity index (χ1n) is 8.28. The van der Waals surface area contributed by atoms with Crippen molar-refractivity contribution in [1.82, 2.24) is 4.98 Å². The van der Waals surface area contributed by atoms with Crippen molar-refractivity contribution in [3.05, 3.63) is 42.6 Å². The largest absolute Gasteiger partial charge is 0.485 e. The van der Waals surface area contributed by atoms with E-state index in [-0.39, 0.29) is 12.5 Å². The van der Waals surface area contributed by atoms with Crippen LogP contribution in [0.3, 0.4) is 0 Å². The Hall–Kier alpha value is -2.80. The molecule has 1 unspecified atom stereocenters. The summed E-state index contributed by atoms with van der Waals surface area (Å²) < 4.78 is 16.6. The van der Waals surface area contributed by atoms with Gasteiger partial charge in [-0.2, -0.15) is 0 Å². The van der Waals surface area contributed by atoms with E-state index in [1.807, 2.05) is 24.3 Å². The number of ether oxygens (including phenoxy) is 3. The fourth-order valence-corrected chi connectivity index (χ4v) is 2.82. The number of nitrogens with zero attached hydrogens (tertiary/aromatic N) is 2. The van der Waals surface area contributed by atoms with Gasteiger partial charge in [0.2, 0.25) is 6.10 Å². The summed E-state index contributed by atoms with van der Waals surface area (Å²) in [5.74, 6) is 1.44. The highest BCUT2D eigenvalue weighted by Gasteiger charge is 2.27. The Balaban J connectivity index is 1.38. The van der Waals surface area contributed by atoms with Crippen molar-refractivity contribution < 1.29 is 19.0 Å². The van der Waals surface area contributed by atoms with Crippen LogP contribution in [0.5, 0.6) is 11.5 Å². The topological polar surface area (TPSA) is 72.9 Å². The molecule has 0 saturated carbocycles. The molecule has 0 spiro atoms. The first-order valence-corrected chi connectivity index (χ1v) is 8.28. The van der Waals surface area contributed by atoms with Gasteiger partial charge in [-0.1, -0.05) is 12.1 Å². The highest BCUT2D eigenvalue weighted by molar-refractivity contribution is 5.94. The number of anilines is 2. The molecule has 25 heavy (non-hydrogen) atoms. The second kappa shape index (κ2) is 6.98. The number of aromatic nitrogens is 1. The summed E-state index contributed by atoms with van der Waals surface area (Å²) in [5, 5.41) is 2.77. The molecule has 1 aromatic heterocycles. The minimum atomic E-state index is -0.699. The van der Waals surface area contributed by atoms with Gasteiger partial charge >= 0.3 is 0 Å². The van der Waals surface area contributed by atoms with Crippen LogP contribution in [0.15, 0.2) is 42.6 Å². The van der Waals surface area contributed by atoms with Crippen LogP contribution < -0.4 is 19.7 Å². The molecule has 0 radical (unpaired) electrons. The Bertz CT molecular complexity index is 744. The summed E-state index contributed by atoms with van der Waals surface area (Å²) in [5.41, 5.74) is 1.02. The lowest BCUT2D eigenvalue weighted by molar-refractivity contribution is -0.125. The molecule has 7 nitrogen and oxygen atoms in total. The molecule has 1 atom stereocenters. The number of hydrogen-bond donors (Lipinski definition) is 1. The zero-order chi connectivity index (χ0) is 17.1. The molecule has 2 aromatic rings. The molecule has 4 rings (SSSR count). The minimum Gasteiger partial charge on any atom is -0.485 e. The highest BCUT2D eigenvalue weighted by atomic mass is 16.6. The van der Waals surface area contributed by atoms with Crippen molar-refractivity contribution in [2.75, 3.05) is 43.1 Å². The fraction of sp³-hybridized carbons (Fsp3) is 0.333. The molecule has 0 aliphatic carbocycles. The Morgan fingerprint density at radius 1 is 1.12 bits per heavy atom. The maximum absolute atomic E-state index is 12.4. The van der Waals surface area contributed by atoms with Crippen molar-refractivity contribution in [3.63, 3.8) is 0 Å². The second-order valence-corrected chi connectivity index (χ2v) is 5.85. The van der Waals surface area contributed by atoms with E-state index >= 15 is 0 Å². The molecule has 130 valence electrons. The van der Waals surface area contributed by atoms with Crippen LogP contribution in [-0.2, 0) is 9.53 Å². The maximum Gasteiger partial charge on any atom is 0.270 e. The Morgan fingerprint density at radius 2 is 1.92 bits per heavy atom. The molecule has 1 fully saturated rings. The summed E-state index contributed by atoms with van der Waals surface area (Å²) in [4.78, 5) is 18.9. The molecule has 1 aromatic carbocycles. The number of fused-ring (bicyclic) bond motifs is 1. The number of amides is 1. The summed E-state index contributed by atoms with van der Waals surface area (Å²) in [6.45, 7) is 3.31. The number of pyridine rings is 1. The molecular formula is C18H19N3O4. The van der Waals surface area contributed by atoms with Crippen LogP contribution in [0.4, 0.5) is 11.5 Å². The third-order valence-corrected chi connectivity index (χ3v) is 4.18. The molecule has 0 bridgehead atoms. The van der Waals surface area contributed by atoms with E-state index in [1.165, 1.54) is 0 Å². The second-order valence-electron chi connectivity index (χ2n) is 5.85. The van der Waals surface area contributed by atoms with Crippen LogP contribution in [0, 0.1) is 0 Å². The first kappa shape index (κ1) is 15.7. The lowest BCUT2D eigenvalue weighted by Gasteiger charge is -2.28. The monoisotopic (exact) mass is 341 g/mol. The number of para-hydroxylation sites is 2. The summed E-state index contributed by atoms with van der Waals surface area (Å²) in [7, 11) is 0. The standard InChI is InChI=1S/C18H19N3O4/c22-18(16-12-24-14-3-1-2-4-15(14)25-16)20-17-6-5-13(11-19-17)21-7-9-23-10-8-21/h1-6,11,16H,7-10,12H2,(H,19,20,22). The van der Waals surface area contributed by atoms with Crippen LogP contribution in [-0.4, -0.2) is 49.9 Å². The van der Waals surface area contributed by atoms with Crippen molar-refractivity contribution in [2.24, 2.45) is 0 Å². The van der Waals surface area contributed by atoms with E-state index in [2.05, 4.69) is 15.2 Å². The average Bonchev–Trinajstić information content (AvgIpc) is 2.69. The van der Waals surface area contributed by atoms with Gasteiger partial charge in [-0.3, -0.25) is 4.79 Å². The maximum atomic E-state index is 12.4. The summed E-state index contributed by atoms with van der Waals surface area (Å²) in [6, 6.07) is 11.0. The van der Waals surface area contributed by atoms with Crippen LogP contribution >= 0.6 is 0 Å². The molecule has 7 heteroatoms. The van der Waals surface area contributed by atoms with Gasteiger partial charge in [0.1, 0.15) is 12.4 Å². The van der Waals surface area contributed by atoms with Gasteiger partial charge in [-0.25, -0.2) is 4.98 Å². The molecule has 2 aliphatic heterocycles. The van der Waals surface area contributed by atoms with Gasteiger partial charge in [0.05, 0.1) is 25.1 Å². The van der Waals surface area contributed by atoms with Crippen molar-refractivity contribution in [1.29, 1.82) is 0 Å². The number of hydrogen-bond acceptors (Lipinski definition) is 6. The molecule has 3 heterocycles. The Kier molecular flexibility index (Phi) is 4.39. The van der Waals surface area contributed by atoms with Crippen LogP contribution in [0.25, 0.3) is 0 Å². The zero-order valence-electron chi connectivity index (χ0n) is 13.7. The lowest BCUT2D eigenvalue weighted by atomic mass is 10.2. The van der Waals surface area contributed by atoms with Crippen LogP contribution in [0.1, 0.15) is 0 Å². The number of morpholine rings is 1. The number of nitrogens with one attached hydrogen (secondary N) is 1. The number of benzene rings is 1. The molecule has 1 amide bonds. The van der Waals surface area contributed by atoms with Crippen molar-refractivity contribution in [2.45, 2.75) is 6.10 Å². The van der Waals surface area contributed by atoms with Gasteiger partial charge in [0.15, 0.2) is 11.5 Å². The highest BCUT2D eigenvalue weighted by Crippen LogP contribution is 2.31. The summed E-state index contributed by atoms with van der Waals surface area (Å²) in [6.07, 6.45) is 1.06. The van der Waals surface area contributed by atoms with Gasteiger partial charge in [0, 0.05) is 13.1 Å². The van der Waals surface area contributed by atoms with E-state index in [1.54, 1.807) is 18.3 Å². The molecule has 1 saturated heterocycles. The molecule has 2 aliphatic rings. The smallest absolute Gasteiger partial charge is 0.270 e. The van der Waals surface area contributed by atoms with Gasteiger partial charge in [-0.15, -0.1) is 0 Å². The van der Waals surface area contributed by atoms with E-state index in [0.717, 1.165) is 32.0 Å². The van der Waals surface area contributed by atoms with Crippen LogP contribution in [0.2, 0.25) is 0 Å². The SMILES string of the molecule is O=C(Nc1ccc(N2CCOCC2)cn1)C1COc2ccccc2O1. The van der Waals surface area contributed by atoms with E-state index < -0.39 is 6.10 Å². The van der Waals surface area contributed by atoms with Crippen molar-refractivity contribution >= 4 is 17.4 Å². The van der Waals surface area contributed by atoms with E-state index in [0.29, 0.717) is 17.3 Å². The number of rotatable bonds is 3. The normalized spacial score (nSPS) is 19.4. The number of carbonyl (C=O) groups excluding carboxylic acids is 1. The van der Waals surface area contributed by atoms with E-state index in [9.17, 15) is 4.79 Å². The first-order chi connectivity index (χ1) is 12.3. The predicted octanol–water partition coefficient (Wildman–Crippen LogP) is 1.70. The lowest BCUT2D eigenvalue weighted by Crippen LogP contribution is -2.40. The Labute approximate surface area is 145 Å². The van der Waals surface area contributed by atoms with Gasteiger partial charge < -0.3 is 24.4 Å². The molecular weight excluding hydrogens is 322 g/mol. The predicted molar refractivity (Wildman–Crippen MR) is 92.3 cm³/mol. The minimum absolute atomic E-state index is 0.175. The van der Waals surface area contributed by atoms with Crippen molar-refractivity contribution in [3.8, 4) is 11.5 Å². The third-order valence-electron chi connectivity index (χ3n) is 4.18. The zero-order valence-corrected chi connectivity index (χ0v) is 13.7. The van der Waals surface area contributed by atoms with Gasteiger partial charge in [0.25, 0.3) is 5.91 Å². The average molecular weight is 341 g/mol. The summed E-state index contributed by atoms with van der Waals surface area (Å²) >= 11 is 0. The quantitative estimate of drug-likeness (QED) is 0.916. The fourth-order valence-electron chi connectivity index (χ4n) is 2.82. The van der Waals surface area contributed by atoms with Gasteiger partial charge in [-0.05, 0) is 24.3 Å². The number of carbonyl (C=O) groups is 1. The Morgan fingerprint density at radius 3 is 2.68 bits per heavy atom. The molecule has 1 N–H and O–H groups in total. The van der Waals surface area contributed by atoms with E-state index in [4.69, 9.17) is 14.2 Å².